The van der Waals surface area contributed by atoms with Gasteiger partial charge in [-0.15, -0.1) is 0 Å². The lowest BCUT2D eigenvalue weighted by Gasteiger charge is -2.37. The van der Waals surface area contributed by atoms with Crippen LogP contribution in [0.3, 0.4) is 0 Å². The van der Waals surface area contributed by atoms with Crippen LogP contribution in [-0.4, -0.2) is 59.5 Å². The highest BCUT2D eigenvalue weighted by Gasteiger charge is 2.30. The summed E-state index contributed by atoms with van der Waals surface area (Å²) >= 11 is 0. The van der Waals surface area contributed by atoms with Gasteiger partial charge in [0.05, 0.1) is 5.92 Å². The summed E-state index contributed by atoms with van der Waals surface area (Å²) in [6.45, 7) is 10.2. The maximum atomic E-state index is 12.3. The number of ether oxygens (including phenoxy) is 1. The minimum Gasteiger partial charge on any atom is -0.444 e. The largest absolute Gasteiger partial charge is 0.444 e. The van der Waals surface area contributed by atoms with Crippen LogP contribution in [0, 0.1) is 5.92 Å². The van der Waals surface area contributed by atoms with E-state index in [0.717, 1.165) is 57.5 Å². The van der Waals surface area contributed by atoms with Crippen molar-refractivity contribution < 1.29 is 19.1 Å². The highest BCUT2D eigenvalue weighted by Crippen LogP contribution is 2.30. The van der Waals surface area contributed by atoms with Gasteiger partial charge in [-0.2, -0.15) is 0 Å². The van der Waals surface area contributed by atoms with Crippen molar-refractivity contribution in [1.29, 1.82) is 0 Å². The highest BCUT2D eigenvalue weighted by molar-refractivity contribution is 6.00. The first-order chi connectivity index (χ1) is 15.2. The molecular formula is C25H35N3O4. The molecule has 4 rings (SSSR count). The minimum absolute atomic E-state index is 0.170. The molecule has 0 spiro atoms. The molecule has 3 aliphatic heterocycles. The molecule has 1 atom stereocenters. The molecule has 1 aromatic carbocycles. The van der Waals surface area contributed by atoms with E-state index in [1.54, 1.807) is 0 Å². The molecule has 2 fully saturated rings. The molecule has 174 valence electrons. The fourth-order valence-electron chi connectivity index (χ4n) is 5.01. The second-order valence-corrected chi connectivity index (χ2v) is 10.4. The summed E-state index contributed by atoms with van der Waals surface area (Å²) in [7, 11) is 0. The van der Waals surface area contributed by atoms with E-state index in [2.05, 4.69) is 28.4 Å². The lowest BCUT2D eigenvalue weighted by Crippen LogP contribution is -2.44. The SMILES string of the molecule is CC(C)(C)OC(=O)N1CCC(CN2CCc3cc([C@H]4CCC(=O)NC4=O)ccc3C2)CC1. The number of imide groups is 1. The van der Waals surface area contributed by atoms with Crippen molar-refractivity contribution in [2.75, 3.05) is 26.2 Å². The van der Waals surface area contributed by atoms with Crippen LogP contribution in [0.5, 0.6) is 0 Å². The number of amides is 3. The number of likely N-dealkylation sites (tertiary alicyclic amines) is 1. The van der Waals surface area contributed by atoms with E-state index in [9.17, 15) is 14.4 Å². The molecule has 3 heterocycles. The molecule has 3 amide bonds. The molecule has 7 nitrogen and oxygen atoms in total. The Hall–Kier alpha value is -2.41. The smallest absolute Gasteiger partial charge is 0.410 e. The van der Waals surface area contributed by atoms with Gasteiger partial charge in [0.1, 0.15) is 5.60 Å². The Morgan fingerprint density at radius 2 is 1.81 bits per heavy atom. The molecule has 2 saturated heterocycles. The molecule has 1 aromatic rings. The molecule has 0 radical (unpaired) electrons. The van der Waals surface area contributed by atoms with Gasteiger partial charge in [-0.05, 0) is 69.1 Å². The first-order valence-electron chi connectivity index (χ1n) is 11.8. The van der Waals surface area contributed by atoms with Gasteiger partial charge in [0.25, 0.3) is 0 Å². The van der Waals surface area contributed by atoms with E-state index >= 15 is 0 Å². The lowest BCUT2D eigenvalue weighted by molar-refractivity contribution is -0.134. The number of hydrogen-bond acceptors (Lipinski definition) is 5. The van der Waals surface area contributed by atoms with E-state index in [4.69, 9.17) is 4.74 Å². The zero-order valence-corrected chi connectivity index (χ0v) is 19.5. The molecule has 0 bridgehead atoms. The summed E-state index contributed by atoms with van der Waals surface area (Å²) in [5.74, 6) is 0.0392. The maximum Gasteiger partial charge on any atom is 0.410 e. The van der Waals surface area contributed by atoms with Crippen molar-refractivity contribution >= 4 is 17.9 Å². The van der Waals surface area contributed by atoms with E-state index < -0.39 is 5.60 Å². The number of piperidine rings is 2. The van der Waals surface area contributed by atoms with Crippen LogP contribution in [0.2, 0.25) is 0 Å². The third-order valence-corrected chi connectivity index (χ3v) is 6.75. The first-order valence-corrected chi connectivity index (χ1v) is 11.8. The van der Waals surface area contributed by atoms with Crippen LogP contribution >= 0.6 is 0 Å². The summed E-state index contributed by atoms with van der Waals surface area (Å²) in [5, 5.41) is 2.46. The fourth-order valence-corrected chi connectivity index (χ4v) is 5.01. The molecule has 0 aliphatic carbocycles. The highest BCUT2D eigenvalue weighted by atomic mass is 16.6. The second-order valence-electron chi connectivity index (χ2n) is 10.4. The summed E-state index contributed by atoms with van der Waals surface area (Å²) in [4.78, 5) is 40.3. The Morgan fingerprint density at radius 3 is 2.50 bits per heavy atom. The first kappa shape index (κ1) is 22.8. The average molecular weight is 442 g/mol. The third-order valence-electron chi connectivity index (χ3n) is 6.75. The zero-order valence-electron chi connectivity index (χ0n) is 19.5. The molecule has 3 aliphatic rings. The average Bonchev–Trinajstić information content (AvgIpc) is 2.73. The van der Waals surface area contributed by atoms with Gasteiger partial charge in [0.15, 0.2) is 0 Å². The number of fused-ring (bicyclic) bond motifs is 1. The van der Waals surface area contributed by atoms with E-state index in [1.165, 1.54) is 11.1 Å². The van der Waals surface area contributed by atoms with Crippen molar-refractivity contribution in [1.82, 2.24) is 15.1 Å². The maximum absolute atomic E-state index is 12.3. The lowest BCUT2D eigenvalue weighted by atomic mass is 9.87. The topological polar surface area (TPSA) is 79.0 Å². The predicted molar refractivity (Wildman–Crippen MR) is 121 cm³/mol. The Balaban J connectivity index is 1.29. The summed E-state index contributed by atoms with van der Waals surface area (Å²) in [6, 6.07) is 6.39. The molecule has 0 aromatic heterocycles. The van der Waals surface area contributed by atoms with Gasteiger partial charge >= 0.3 is 6.09 Å². The van der Waals surface area contributed by atoms with Crippen molar-refractivity contribution in [3.8, 4) is 0 Å². The Kier molecular flexibility index (Phi) is 6.56. The van der Waals surface area contributed by atoms with Gasteiger partial charge in [-0.1, -0.05) is 18.2 Å². The standard InChI is InChI=1S/C25H35N3O4/c1-25(2,3)32-24(31)28-12-8-17(9-13-28)15-27-11-10-18-14-19(4-5-20(18)16-27)21-6-7-22(29)26-23(21)30/h4-5,14,17,21H,6-13,15-16H2,1-3H3,(H,26,29,30)/t21-/m1/s1. The van der Waals surface area contributed by atoms with Crippen molar-refractivity contribution in [3.05, 3.63) is 34.9 Å². The summed E-state index contributed by atoms with van der Waals surface area (Å²) in [6.07, 6.45) is 3.81. The molecule has 0 unspecified atom stereocenters. The van der Waals surface area contributed by atoms with Crippen molar-refractivity contribution in [2.24, 2.45) is 5.92 Å². The van der Waals surface area contributed by atoms with Crippen molar-refractivity contribution in [3.63, 3.8) is 0 Å². The third kappa shape index (κ3) is 5.49. The van der Waals surface area contributed by atoms with E-state index in [0.29, 0.717) is 18.8 Å². The Morgan fingerprint density at radius 1 is 1.06 bits per heavy atom. The van der Waals surface area contributed by atoms with Crippen LogP contribution in [-0.2, 0) is 27.3 Å². The van der Waals surface area contributed by atoms with Crippen LogP contribution < -0.4 is 5.32 Å². The van der Waals surface area contributed by atoms with Gasteiger partial charge < -0.3 is 9.64 Å². The summed E-state index contributed by atoms with van der Waals surface area (Å²) in [5.41, 5.74) is 3.23. The second kappa shape index (κ2) is 9.22. The van der Waals surface area contributed by atoms with E-state index in [1.807, 2.05) is 25.7 Å². The minimum atomic E-state index is -0.451. The van der Waals surface area contributed by atoms with Gasteiger partial charge in [0.2, 0.25) is 11.8 Å². The number of carbonyl (C=O) groups excluding carboxylic acids is 3. The van der Waals surface area contributed by atoms with Gasteiger partial charge in [-0.25, -0.2) is 4.79 Å². The number of carbonyl (C=O) groups is 3. The molecule has 0 saturated carbocycles. The van der Waals surface area contributed by atoms with Crippen LogP contribution in [0.25, 0.3) is 0 Å². The quantitative estimate of drug-likeness (QED) is 0.729. The molecule has 1 N–H and O–H groups in total. The number of benzene rings is 1. The molecule has 7 heteroatoms. The predicted octanol–water partition coefficient (Wildman–Crippen LogP) is 3.21. The number of nitrogens with zero attached hydrogens (tertiary/aromatic N) is 2. The molecular weight excluding hydrogens is 406 g/mol. The number of nitrogens with one attached hydrogen (secondary N) is 1. The van der Waals surface area contributed by atoms with Gasteiger partial charge in [-0.3, -0.25) is 19.8 Å². The normalized spacial score (nSPS) is 23.0. The van der Waals surface area contributed by atoms with Crippen LogP contribution in [0.1, 0.15) is 69.1 Å². The Bertz CT molecular complexity index is 884. The monoisotopic (exact) mass is 441 g/mol. The fraction of sp³-hybridized carbons (Fsp3) is 0.640. The molecule has 32 heavy (non-hydrogen) atoms. The summed E-state index contributed by atoms with van der Waals surface area (Å²) < 4.78 is 5.50. The van der Waals surface area contributed by atoms with Crippen LogP contribution in [0.15, 0.2) is 18.2 Å². The van der Waals surface area contributed by atoms with Crippen LogP contribution in [0.4, 0.5) is 4.79 Å². The zero-order chi connectivity index (χ0) is 22.9. The number of hydrogen-bond donors (Lipinski definition) is 1. The number of rotatable bonds is 3. The van der Waals surface area contributed by atoms with Crippen molar-refractivity contribution in [2.45, 2.75) is 70.9 Å². The van der Waals surface area contributed by atoms with Gasteiger partial charge in [0, 0.05) is 39.1 Å². The van der Waals surface area contributed by atoms with E-state index in [-0.39, 0.29) is 23.8 Å². The Labute approximate surface area is 190 Å².